The van der Waals surface area contributed by atoms with Gasteiger partial charge in [0.25, 0.3) is 0 Å². The van der Waals surface area contributed by atoms with Crippen LogP contribution in [0.1, 0.15) is 56.6 Å². The molecule has 3 nitrogen and oxygen atoms in total. The normalized spacial score (nSPS) is 35.7. The van der Waals surface area contributed by atoms with Crippen LogP contribution in [0.25, 0.3) is 6.08 Å². The second-order valence-electron chi connectivity index (χ2n) is 6.48. The van der Waals surface area contributed by atoms with E-state index in [0.717, 1.165) is 29.7 Å². The minimum Gasteiger partial charge on any atom is -0.486 e. The first kappa shape index (κ1) is 14.6. The lowest BCUT2D eigenvalue weighted by molar-refractivity contribution is -0.111. The molecule has 21 heavy (non-hydrogen) atoms. The molecule has 1 aliphatic heterocycles. The highest BCUT2D eigenvalue weighted by Gasteiger charge is 2.48. The van der Waals surface area contributed by atoms with Crippen molar-refractivity contribution in [2.24, 2.45) is 0 Å². The SMILES string of the molecule is C/C=C/c1ccc2c(c1)[C@@H](C)[C@H](C1(O)CCCC(O)C1)O2. The molecule has 114 valence electrons. The Hall–Kier alpha value is -1.32. The van der Waals surface area contributed by atoms with Crippen LogP contribution in [-0.4, -0.2) is 28.0 Å². The first-order chi connectivity index (χ1) is 10.0. The van der Waals surface area contributed by atoms with Crippen LogP contribution in [0, 0.1) is 0 Å². The topological polar surface area (TPSA) is 49.7 Å². The molecular weight excluding hydrogens is 264 g/mol. The van der Waals surface area contributed by atoms with Gasteiger partial charge < -0.3 is 14.9 Å². The highest BCUT2D eigenvalue weighted by atomic mass is 16.5. The summed E-state index contributed by atoms with van der Waals surface area (Å²) in [5.41, 5.74) is 1.39. The second kappa shape index (κ2) is 5.47. The first-order valence-corrected chi connectivity index (χ1v) is 7.87. The quantitative estimate of drug-likeness (QED) is 0.878. The Balaban J connectivity index is 1.87. The number of hydrogen-bond acceptors (Lipinski definition) is 3. The van der Waals surface area contributed by atoms with E-state index in [9.17, 15) is 10.2 Å². The molecule has 0 saturated heterocycles. The Morgan fingerprint density at radius 3 is 2.90 bits per heavy atom. The predicted molar refractivity (Wildman–Crippen MR) is 83.4 cm³/mol. The van der Waals surface area contributed by atoms with E-state index in [4.69, 9.17) is 4.74 Å². The van der Waals surface area contributed by atoms with Crippen LogP contribution in [0.2, 0.25) is 0 Å². The molecule has 0 amide bonds. The van der Waals surface area contributed by atoms with Crippen molar-refractivity contribution in [2.45, 2.75) is 63.3 Å². The zero-order valence-corrected chi connectivity index (χ0v) is 12.7. The van der Waals surface area contributed by atoms with E-state index >= 15 is 0 Å². The molecule has 0 spiro atoms. The van der Waals surface area contributed by atoms with E-state index < -0.39 is 11.7 Å². The lowest BCUT2D eigenvalue weighted by Gasteiger charge is -2.40. The number of benzene rings is 1. The summed E-state index contributed by atoms with van der Waals surface area (Å²) in [6.07, 6.45) is 6.16. The molecular formula is C18H24O3. The van der Waals surface area contributed by atoms with Gasteiger partial charge in [-0.1, -0.05) is 25.1 Å². The van der Waals surface area contributed by atoms with Crippen LogP contribution in [0.15, 0.2) is 24.3 Å². The highest BCUT2D eigenvalue weighted by molar-refractivity contribution is 5.55. The summed E-state index contributed by atoms with van der Waals surface area (Å²) in [5, 5.41) is 20.9. The van der Waals surface area contributed by atoms with Gasteiger partial charge in [0.2, 0.25) is 0 Å². The van der Waals surface area contributed by atoms with Gasteiger partial charge in [0.15, 0.2) is 0 Å². The first-order valence-electron chi connectivity index (χ1n) is 7.87. The molecule has 4 atom stereocenters. The fourth-order valence-corrected chi connectivity index (χ4v) is 3.82. The van der Waals surface area contributed by atoms with Gasteiger partial charge in [-0.05, 0) is 43.9 Å². The van der Waals surface area contributed by atoms with Gasteiger partial charge in [-0.25, -0.2) is 0 Å². The van der Waals surface area contributed by atoms with E-state index in [0.29, 0.717) is 12.8 Å². The molecule has 2 unspecified atom stereocenters. The van der Waals surface area contributed by atoms with Crippen molar-refractivity contribution in [3.63, 3.8) is 0 Å². The molecule has 1 aromatic carbocycles. The Labute approximate surface area is 126 Å². The average molecular weight is 288 g/mol. The molecule has 1 aliphatic carbocycles. The van der Waals surface area contributed by atoms with E-state index in [1.807, 2.05) is 25.1 Å². The van der Waals surface area contributed by atoms with Crippen LogP contribution in [0.4, 0.5) is 0 Å². The van der Waals surface area contributed by atoms with Gasteiger partial charge in [0, 0.05) is 17.9 Å². The van der Waals surface area contributed by atoms with Gasteiger partial charge in [-0.15, -0.1) is 0 Å². The van der Waals surface area contributed by atoms with Crippen LogP contribution in [0.3, 0.4) is 0 Å². The molecule has 1 fully saturated rings. The van der Waals surface area contributed by atoms with Crippen molar-refractivity contribution in [3.8, 4) is 5.75 Å². The van der Waals surface area contributed by atoms with Crippen molar-refractivity contribution in [2.75, 3.05) is 0 Å². The van der Waals surface area contributed by atoms with Crippen molar-refractivity contribution >= 4 is 6.08 Å². The van der Waals surface area contributed by atoms with Crippen LogP contribution < -0.4 is 4.74 Å². The van der Waals surface area contributed by atoms with E-state index in [1.54, 1.807) is 0 Å². The summed E-state index contributed by atoms with van der Waals surface area (Å²) in [4.78, 5) is 0. The third kappa shape index (κ3) is 2.60. The molecule has 0 radical (unpaired) electrons. The van der Waals surface area contributed by atoms with E-state index in [2.05, 4.69) is 19.1 Å². The number of ether oxygens (including phenoxy) is 1. The second-order valence-corrected chi connectivity index (χ2v) is 6.48. The molecule has 3 rings (SSSR count). The van der Waals surface area contributed by atoms with Gasteiger partial charge in [0.05, 0.1) is 6.10 Å². The van der Waals surface area contributed by atoms with E-state index in [1.165, 1.54) is 0 Å². The van der Waals surface area contributed by atoms with Gasteiger partial charge in [-0.2, -0.15) is 0 Å². The number of aliphatic hydroxyl groups is 2. The summed E-state index contributed by atoms with van der Waals surface area (Å²) in [7, 11) is 0. The molecule has 2 aliphatic rings. The van der Waals surface area contributed by atoms with Gasteiger partial charge in [0.1, 0.15) is 17.5 Å². The zero-order chi connectivity index (χ0) is 15.0. The lowest BCUT2D eigenvalue weighted by Crippen LogP contribution is -2.50. The summed E-state index contributed by atoms with van der Waals surface area (Å²) < 4.78 is 6.06. The van der Waals surface area contributed by atoms with Crippen molar-refractivity contribution in [1.82, 2.24) is 0 Å². The molecule has 1 heterocycles. The Bertz CT molecular complexity index is 551. The average Bonchev–Trinajstić information content (AvgIpc) is 2.77. The van der Waals surface area contributed by atoms with Crippen molar-refractivity contribution < 1.29 is 14.9 Å². The minimum atomic E-state index is -0.920. The molecule has 1 aromatic rings. The number of hydrogen-bond donors (Lipinski definition) is 2. The Morgan fingerprint density at radius 2 is 2.19 bits per heavy atom. The van der Waals surface area contributed by atoms with Gasteiger partial charge in [-0.3, -0.25) is 0 Å². The molecule has 2 N–H and O–H groups in total. The molecule has 0 aromatic heterocycles. The summed E-state index contributed by atoms with van der Waals surface area (Å²) >= 11 is 0. The van der Waals surface area contributed by atoms with Crippen molar-refractivity contribution in [3.05, 3.63) is 35.4 Å². The molecule has 0 bridgehead atoms. The largest absolute Gasteiger partial charge is 0.486 e. The monoisotopic (exact) mass is 288 g/mol. The van der Waals surface area contributed by atoms with Gasteiger partial charge >= 0.3 is 0 Å². The third-order valence-electron chi connectivity index (χ3n) is 4.86. The lowest BCUT2D eigenvalue weighted by atomic mass is 9.75. The van der Waals surface area contributed by atoms with Crippen LogP contribution in [-0.2, 0) is 0 Å². The van der Waals surface area contributed by atoms with E-state index in [-0.39, 0.29) is 12.0 Å². The smallest absolute Gasteiger partial charge is 0.134 e. The maximum atomic E-state index is 11.0. The maximum absolute atomic E-state index is 11.0. The zero-order valence-electron chi connectivity index (χ0n) is 12.7. The fourth-order valence-electron chi connectivity index (χ4n) is 3.82. The molecule has 3 heteroatoms. The number of rotatable bonds is 2. The van der Waals surface area contributed by atoms with Crippen LogP contribution >= 0.6 is 0 Å². The standard InChI is InChI=1S/C18H24O3/c1-3-5-13-7-8-16-15(10-13)12(2)17(21-16)18(20)9-4-6-14(19)11-18/h3,5,7-8,10,12,14,17,19-20H,4,6,9,11H2,1-2H3/b5-3+/t12-,14?,17-,18?/m1/s1. The Morgan fingerprint density at radius 1 is 1.38 bits per heavy atom. The number of aliphatic hydroxyl groups excluding tert-OH is 1. The molecule has 1 saturated carbocycles. The maximum Gasteiger partial charge on any atom is 0.134 e. The van der Waals surface area contributed by atoms with Crippen LogP contribution in [0.5, 0.6) is 5.75 Å². The number of fused-ring (bicyclic) bond motifs is 1. The summed E-state index contributed by atoms with van der Waals surface area (Å²) in [6.45, 7) is 4.11. The Kier molecular flexibility index (Phi) is 3.80. The highest BCUT2D eigenvalue weighted by Crippen LogP contribution is 2.46. The minimum absolute atomic E-state index is 0.139. The predicted octanol–water partition coefficient (Wildman–Crippen LogP) is 3.25. The third-order valence-corrected chi connectivity index (χ3v) is 4.86. The number of allylic oxidation sites excluding steroid dienone is 1. The summed E-state index contributed by atoms with van der Waals surface area (Å²) in [5.74, 6) is 1.01. The fraction of sp³-hybridized carbons (Fsp3) is 0.556. The van der Waals surface area contributed by atoms with Crippen molar-refractivity contribution in [1.29, 1.82) is 0 Å². The summed E-state index contributed by atoms with van der Waals surface area (Å²) in [6, 6.07) is 6.17.